The van der Waals surface area contributed by atoms with Crippen molar-refractivity contribution in [2.75, 3.05) is 25.0 Å². The third-order valence-electron chi connectivity index (χ3n) is 3.81. The summed E-state index contributed by atoms with van der Waals surface area (Å²) in [6, 6.07) is 0. The summed E-state index contributed by atoms with van der Waals surface area (Å²) in [7, 11) is 1.87. The van der Waals surface area contributed by atoms with E-state index in [1.807, 2.05) is 37.6 Å². The number of hydrogen-bond acceptors (Lipinski definition) is 5. The Hall–Kier alpha value is -2.18. The average molecular weight is 305 g/mol. The highest BCUT2D eigenvalue weighted by Crippen LogP contribution is 2.26. The first-order chi connectivity index (χ1) is 10.2. The van der Waals surface area contributed by atoms with Crippen molar-refractivity contribution < 1.29 is 9.59 Å². The second-order valence-corrected chi connectivity index (χ2v) is 6.75. The van der Waals surface area contributed by atoms with Crippen LogP contribution < -0.4 is 10.6 Å². The van der Waals surface area contributed by atoms with Gasteiger partial charge in [0.2, 0.25) is 5.91 Å². The van der Waals surface area contributed by atoms with Crippen LogP contribution in [0.1, 0.15) is 37.7 Å². The second-order valence-electron chi connectivity index (χ2n) is 6.75. The largest absolute Gasteiger partial charge is 0.364 e. The highest BCUT2D eigenvalue weighted by Gasteiger charge is 2.36. The third kappa shape index (κ3) is 3.52. The van der Waals surface area contributed by atoms with Crippen LogP contribution in [-0.2, 0) is 4.79 Å². The van der Waals surface area contributed by atoms with E-state index < -0.39 is 5.91 Å². The van der Waals surface area contributed by atoms with Crippen LogP contribution in [0.5, 0.6) is 0 Å². The van der Waals surface area contributed by atoms with Crippen molar-refractivity contribution in [3.05, 3.63) is 18.1 Å². The first-order valence-corrected chi connectivity index (χ1v) is 7.32. The monoisotopic (exact) mass is 305 g/mol. The Balaban J connectivity index is 2.04. The Kier molecular flexibility index (Phi) is 4.35. The molecule has 120 valence electrons. The molecule has 1 aliphatic heterocycles. The summed E-state index contributed by atoms with van der Waals surface area (Å²) in [5.74, 6) is 0.397. The van der Waals surface area contributed by atoms with Gasteiger partial charge in [-0.3, -0.25) is 14.6 Å². The number of nitrogens with two attached hydrogens (primary N) is 1. The van der Waals surface area contributed by atoms with Crippen LogP contribution in [0, 0.1) is 5.92 Å². The van der Waals surface area contributed by atoms with E-state index in [9.17, 15) is 9.59 Å². The lowest BCUT2D eigenvalue weighted by Crippen LogP contribution is -2.42. The van der Waals surface area contributed by atoms with Gasteiger partial charge >= 0.3 is 0 Å². The molecule has 22 heavy (non-hydrogen) atoms. The maximum atomic E-state index is 12.1. The molecule has 0 bridgehead atoms. The SMILES string of the molecule is CN(CC1CC(=O)N(C(C)(C)C)C1)c1cncc(C(N)=O)n1. The summed E-state index contributed by atoms with van der Waals surface area (Å²) in [6.07, 6.45) is 3.47. The van der Waals surface area contributed by atoms with Crippen molar-refractivity contribution in [2.24, 2.45) is 11.7 Å². The van der Waals surface area contributed by atoms with Crippen LogP contribution in [0.25, 0.3) is 0 Å². The molecule has 7 heteroatoms. The first kappa shape index (κ1) is 16.2. The number of primary amides is 1. The number of hydrogen-bond donors (Lipinski definition) is 1. The topological polar surface area (TPSA) is 92.4 Å². The number of amides is 2. The van der Waals surface area contributed by atoms with Gasteiger partial charge < -0.3 is 15.5 Å². The molecule has 0 aliphatic carbocycles. The number of likely N-dealkylation sites (tertiary alicyclic amines) is 1. The van der Waals surface area contributed by atoms with E-state index in [1.165, 1.54) is 6.20 Å². The molecule has 1 fully saturated rings. The normalized spacial score (nSPS) is 18.6. The van der Waals surface area contributed by atoms with Gasteiger partial charge in [0.1, 0.15) is 11.5 Å². The smallest absolute Gasteiger partial charge is 0.268 e. The first-order valence-electron chi connectivity index (χ1n) is 7.32. The number of rotatable bonds is 4. The van der Waals surface area contributed by atoms with E-state index in [0.29, 0.717) is 18.8 Å². The van der Waals surface area contributed by atoms with E-state index in [0.717, 1.165) is 6.54 Å². The minimum atomic E-state index is -0.599. The summed E-state index contributed by atoms with van der Waals surface area (Å²) < 4.78 is 0. The molecule has 2 N–H and O–H groups in total. The summed E-state index contributed by atoms with van der Waals surface area (Å²) in [5, 5.41) is 0. The molecule has 2 heterocycles. The molecule has 1 aromatic rings. The van der Waals surface area contributed by atoms with Gasteiger partial charge in [-0.1, -0.05) is 0 Å². The van der Waals surface area contributed by atoms with Crippen molar-refractivity contribution in [1.82, 2.24) is 14.9 Å². The van der Waals surface area contributed by atoms with Crippen LogP contribution in [0.4, 0.5) is 5.82 Å². The highest BCUT2D eigenvalue weighted by molar-refractivity contribution is 5.90. The lowest BCUT2D eigenvalue weighted by molar-refractivity contribution is -0.131. The van der Waals surface area contributed by atoms with E-state index >= 15 is 0 Å². The van der Waals surface area contributed by atoms with E-state index in [4.69, 9.17) is 5.73 Å². The lowest BCUT2D eigenvalue weighted by atomic mass is 10.1. The van der Waals surface area contributed by atoms with Gasteiger partial charge in [0.25, 0.3) is 5.91 Å². The predicted molar refractivity (Wildman–Crippen MR) is 83.4 cm³/mol. The number of carbonyl (C=O) groups excluding carboxylic acids is 2. The molecule has 0 saturated carbocycles. The van der Waals surface area contributed by atoms with Crippen LogP contribution >= 0.6 is 0 Å². The number of aromatic nitrogens is 2. The maximum absolute atomic E-state index is 12.1. The van der Waals surface area contributed by atoms with Crippen LogP contribution in [0.3, 0.4) is 0 Å². The Morgan fingerprint density at radius 1 is 1.45 bits per heavy atom. The molecule has 1 unspecified atom stereocenters. The molecule has 1 atom stereocenters. The van der Waals surface area contributed by atoms with Gasteiger partial charge in [0, 0.05) is 38.0 Å². The number of carbonyl (C=O) groups is 2. The molecule has 2 rings (SSSR count). The van der Waals surface area contributed by atoms with Crippen molar-refractivity contribution >= 4 is 17.6 Å². The Bertz CT molecular complexity index is 582. The zero-order valence-electron chi connectivity index (χ0n) is 13.5. The number of nitrogens with zero attached hydrogens (tertiary/aromatic N) is 4. The molecular formula is C15H23N5O2. The van der Waals surface area contributed by atoms with Gasteiger partial charge in [0.15, 0.2) is 0 Å². The fourth-order valence-corrected chi connectivity index (χ4v) is 2.69. The van der Waals surface area contributed by atoms with Gasteiger partial charge in [0.05, 0.1) is 12.4 Å². The Labute approximate surface area is 130 Å². The van der Waals surface area contributed by atoms with Gasteiger partial charge in [-0.25, -0.2) is 4.98 Å². The van der Waals surface area contributed by atoms with E-state index in [-0.39, 0.29) is 23.1 Å². The molecule has 0 aromatic carbocycles. The van der Waals surface area contributed by atoms with Crippen molar-refractivity contribution in [2.45, 2.75) is 32.7 Å². The summed E-state index contributed by atoms with van der Waals surface area (Å²) in [5.41, 5.74) is 5.20. The fraction of sp³-hybridized carbons (Fsp3) is 0.600. The van der Waals surface area contributed by atoms with Crippen LogP contribution in [0.2, 0.25) is 0 Å². The molecule has 2 amide bonds. The summed E-state index contributed by atoms with van der Waals surface area (Å²) in [6.45, 7) is 7.53. The van der Waals surface area contributed by atoms with Crippen molar-refractivity contribution in [3.8, 4) is 0 Å². The second kappa shape index (κ2) is 5.90. The minimum Gasteiger partial charge on any atom is -0.364 e. The highest BCUT2D eigenvalue weighted by atomic mass is 16.2. The van der Waals surface area contributed by atoms with E-state index in [2.05, 4.69) is 9.97 Å². The van der Waals surface area contributed by atoms with Crippen molar-refractivity contribution in [3.63, 3.8) is 0 Å². The summed E-state index contributed by atoms with van der Waals surface area (Å²) in [4.78, 5) is 35.3. The third-order valence-corrected chi connectivity index (χ3v) is 3.81. The minimum absolute atomic E-state index is 0.142. The maximum Gasteiger partial charge on any atom is 0.268 e. The molecule has 0 spiro atoms. The molecule has 1 aliphatic rings. The Morgan fingerprint density at radius 3 is 2.68 bits per heavy atom. The zero-order chi connectivity index (χ0) is 16.5. The van der Waals surface area contributed by atoms with Crippen LogP contribution in [0.15, 0.2) is 12.4 Å². The molecule has 1 aromatic heterocycles. The van der Waals surface area contributed by atoms with Crippen molar-refractivity contribution in [1.29, 1.82) is 0 Å². The Morgan fingerprint density at radius 2 is 2.14 bits per heavy atom. The van der Waals surface area contributed by atoms with Crippen LogP contribution in [-0.4, -0.2) is 52.4 Å². The number of anilines is 1. The quantitative estimate of drug-likeness (QED) is 0.882. The van der Waals surface area contributed by atoms with E-state index in [1.54, 1.807) is 6.20 Å². The summed E-state index contributed by atoms with van der Waals surface area (Å²) >= 11 is 0. The molecule has 7 nitrogen and oxygen atoms in total. The lowest BCUT2D eigenvalue weighted by Gasteiger charge is -2.32. The zero-order valence-corrected chi connectivity index (χ0v) is 13.5. The standard InChI is InChI=1S/C15H23N5O2/c1-15(2,3)20-9-10(5-13(20)21)8-19(4)12-7-17-6-11(18-12)14(16)22/h6-7,10H,5,8-9H2,1-4H3,(H2,16,22). The molecule has 0 radical (unpaired) electrons. The fourth-order valence-electron chi connectivity index (χ4n) is 2.69. The average Bonchev–Trinajstić information content (AvgIpc) is 2.79. The molecule has 1 saturated heterocycles. The predicted octanol–water partition coefficient (Wildman–Crippen LogP) is 0.659. The molecular weight excluding hydrogens is 282 g/mol. The van der Waals surface area contributed by atoms with Gasteiger partial charge in [-0.05, 0) is 20.8 Å². The van der Waals surface area contributed by atoms with Gasteiger partial charge in [-0.2, -0.15) is 0 Å². The van der Waals surface area contributed by atoms with Gasteiger partial charge in [-0.15, -0.1) is 0 Å².